The van der Waals surface area contributed by atoms with E-state index >= 15 is 0 Å². The Kier molecular flexibility index (Phi) is 3.24. The van der Waals surface area contributed by atoms with Crippen molar-refractivity contribution in [3.8, 4) is 0 Å². The van der Waals surface area contributed by atoms with Crippen molar-refractivity contribution < 1.29 is 4.42 Å². The van der Waals surface area contributed by atoms with Crippen LogP contribution in [-0.4, -0.2) is 35.2 Å². The van der Waals surface area contributed by atoms with Crippen LogP contribution in [0.5, 0.6) is 0 Å². The third-order valence-electron chi connectivity index (χ3n) is 6.14. The fourth-order valence-electron chi connectivity index (χ4n) is 5.00. The van der Waals surface area contributed by atoms with E-state index in [1.165, 1.54) is 17.0 Å². The van der Waals surface area contributed by atoms with Crippen LogP contribution < -0.4 is 10.6 Å². The van der Waals surface area contributed by atoms with Crippen LogP contribution in [0.4, 0.5) is 0 Å². The van der Waals surface area contributed by atoms with Gasteiger partial charge in [-0.25, -0.2) is 0 Å². The molecule has 0 bridgehead atoms. The lowest BCUT2D eigenvalue weighted by atomic mass is 9.67. The van der Waals surface area contributed by atoms with Crippen LogP contribution in [-0.2, 0) is 0 Å². The van der Waals surface area contributed by atoms with Crippen LogP contribution in [0.1, 0.15) is 41.0 Å². The number of para-hydroxylation sites is 1. The molecule has 24 heavy (non-hydrogen) atoms. The SMILES string of the molecule is C[C@@H]1N(B2C=c3c(oc4ccccc34)=CN2C)C(C)(C)CC1(C)C. The van der Waals surface area contributed by atoms with Crippen LogP contribution in [0.25, 0.3) is 23.1 Å². The highest BCUT2D eigenvalue weighted by Crippen LogP contribution is 2.46. The van der Waals surface area contributed by atoms with Crippen LogP contribution in [0.2, 0.25) is 0 Å². The van der Waals surface area contributed by atoms with E-state index in [-0.39, 0.29) is 12.5 Å². The Labute approximate surface area is 144 Å². The second-order valence-electron chi connectivity index (χ2n) is 8.81. The summed E-state index contributed by atoms with van der Waals surface area (Å²) >= 11 is 0. The Bertz CT molecular complexity index is 911. The molecule has 0 radical (unpaired) electrons. The zero-order valence-corrected chi connectivity index (χ0v) is 15.6. The minimum Gasteiger partial charge on any atom is -0.455 e. The maximum absolute atomic E-state index is 6.04. The molecule has 4 rings (SSSR count). The number of nitrogens with zero attached hydrogens (tertiary/aromatic N) is 2. The number of fused-ring (bicyclic) bond motifs is 3. The van der Waals surface area contributed by atoms with Crippen molar-refractivity contribution >= 4 is 30.1 Å². The van der Waals surface area contributed by atoms with Gasteiger partial charge in [-0.15, -0.1) is 0 Å². The van der Waals surface area contributed by atoms with Crippen molar-refractivity contribution in [3.05, 3.63) is 34.9 Å². The van der Waals surface area contributed by atoms with Gasteiger partial charge in [0, 0.05) is 28.4 Å². The molecule has 126 valence electrons. The lowest BCUT2D eigenvalue weighted by Crippen LogP contribution is -2.59. The van der Waals surface area contributed by atoms with Gasteiger partial charge in [0.05, 0.1) is 0 Å². The standard InChI is InChI=1S/C20H27BN2O/c1-14-19(2,3)13-20(4,5)23(14)21-11-16-15-9-7-8-10-17(15)24-18(16)12-22(21)6/h7-12,14H,13H2,1-6H3/t14-/m0/s1. The van der Waals surface area contributed by atoms with E-state index in [0.717, 1.165) is 11.0 Å². The molecule has 3 heterocycles. The summed E-state index contributed by atoms with van der Waals surface area (Å²) in [6.07, 6.45) is 3.37. The first kappa shape index (κ1) is 15.8. The van der Waals surface area contributed by atoms with Crippen molar-refractivity contribution in [1.82, 2.24) is 9.62 Å². The molecule has 3 nitrogen and oxygen atoms in total. The molecule has 0 N–H and O–H groups in total. The van der Waals surface area contributed by atoms with Crippen LogP contribution >= 0.6 is 0 Å². The Morgan fingerprint density at radius 1 is 1.17 bits per heavy atom. The number of furan rings is 1. The van der Waals surface area contributed by atoms with E-state index in [9.17, 15) is 0 Å². The molecule has 0 saturated carbocycles. The Morgan fingerprint density at radius 2 is 1.88 bits per heavy atom. The minimum absolute atomic E-state index is 0.170. The first-order chi connectivity index (χ1) is 11.2. The van der Waals surface area contributed by atoms with Gasteiger partial charge in [-0.05, 0) is 45.7 Å². The molecular formula is C20H27BN2O. The van der Waals surface area contributed by atoms with Gasteiger partial charge in [0.1, 0.15) is 11.0 Å². The van der Waals surface area contributed by atoms with Gasteiger partial charge in [-0.3, -0.25) is 0 Å². The predicted octanol–water partition coefficient (Wildman–Crippen LogP) is 2.82. The highest BCUT2D eigenvalue weighted by Gasteiger charge is 2.52. The number of benzene rings is 1. The van der Waals surface area contributed by atoms with Gasteiger partial charge in [-0.2, -0.15) is 0 Å². The average molecular weight is 322 g/mol. The zero-order valence-electron chi connectivity index (χ0n) is 15.6. The molecule has 2 aromatic rings. The molecule has 1 atom stereocenters. The van der Waals surface area contributed by atoms with E-state index < -0.39 is 0 Å². The van der Waals surface area contributed by atoms with E-state index in [1.54, 1.807) is 0 Å². The number of hydrogen-bond acceptors (Lipinski definition) is 3. The second kappa shape index (κ2) is 4.92. The molecule has 1 aromatic heterocycles. The van der Waals surface area contributed by atoms with Gasteiger partial charge in [0.25, 0.3) is 0 Å². The minimum atomic E-state index is 0.170. The van der Waals surface area contributed by atoms with Crippen LogP contribution in [0.3, 0.4) is 0 Å². The summed E-state index contributed by atoms with van der Waals surface area (Å²) in [6.45, 7) is 12.2. The van der Waals surface area contributed by atoms with Crippen molar-refractivity contribution in [2.45, 2.75) is 52.6 Å². The molecule has 0 spiro atoms. The predicted molar refractivity (Wildman–Crippen MR) is 102 cm³/mol. The van der Waals surface area contributed by atoms with Gasteiger partial charge >= 0.3 is 6.98 Å². The second-order valence-corrected chi connectivity index (χ2v) is 8.81. The number of rotatable bonds is 1. The largest absolute Gasteiger partial charge is 0.455 e. The van der Waals surface area contributed by atoms with E-state index in [2.05, 4.69) is 81.7 Å². The topological polar surface area (TPSA) is 19.6 Å². The fraction of sp³-hybridized carbons (Fsp3) is 0.500. The molecular weight excluding hydrogens is 295 g/mol. The third-order valence-corrected chi connectivity index (χ3v) is 6.14. The lowest BCUT2D eigenvalue weighted by Gasteiger charge is -2.42. The highest BCUT2D eigenvalue weighted by atomic mass is 16.3. The average Bonchev–Trinajstić information content (AvgIpc) is 2.90. The van der Waals surface area contributed by atoms with Gasteiger partial charge in [-0.1, -0.05) is 38.0 Å². The van der Waals surface area contributed by atoms with Crippen molar-refractivity contribution in [3.63, 3.8) is 0 Å². The fourth-order valence-corrected chi connectivity index (χ4v) is 5.00. The van der Waals surface area contributed by atoms with Crippen LogP contribution in [0.15, 0.2) is 28.7 Å². The van der Waals surface area contributed by atoms with E-state index in [1.807, 2.05) is 6.07 Å². The van der Waals surface area contributed by atoms with Crippen LogP contribution in [0, 0.1) is 5.41 Å². The molecule has 0 unspecified atom stereocenters. The quantitative estimate of drug-likeness (QED) is 0.753. The molecule has 0 amide bonds. The molecule has 2 aliphatic heterocycles. The van der Waals surface area contributed by atoms with Crippen molar-refractivity contribution in [1.29, 1.82) is 0 Å². The summed E-state index contributed by atoms with van der Waals surface area (Å²) in [6, 6.07) is 8.85. The molecule has 1 saturated heterocycles. The molecule has 2 aliphatic rings. The van der Waals surface area contributed by atoms with Gasteiger partial charge in [0.2, 0.25) is 0 Å². The molecule has 1 fully saturated rings. The smallest absolute Gasteiger partial charge is 0.371 e. The Morgan fingerprint density at radius 3 is 2.54 bits per heavy atom. The molecule has 1 aromatic carbocycles. The Hall–Kier alpha value is -1.68. The summed E-state index contributed by atoms with van der Waals surface area (Å²) in [5, 5.41) is 2.45. The third kappa shape index (κ3) is 2.16. The summed E-state index contributed by atoms with van der Waals surface area (Å²) in [7, 11) is 2.16. The molecule has 4 heteroatoms. The lowest BCUT2D eigenvalue weighted by molar-refractivity contribution is 0.226. The van der Waals surface area contributed by atoms with Gasteiger partial charge in [0.15, 0.2) is 0 Å². The summed E-state index contributed by atoms with van der Waals surface area (Å²) in [5.41, 5.74) is 2.43. The summed E-state index contributed by atoms with van der Waals surface area (Å²) < 4.78 is 6.04. The monoisotopic (exact) mass is 322 g/mol. The normalized spacial score (nSPS) is 25.5. The van der Waals surface area contributed by atoms with E-state index in [4.69, 9.17) is 4.42 Å². The maximum Gasteiger partial charge on any atom is 0.371 e. The molecule has 0 aliphatic carbocycles. The zero-order chi connectivity index (χ0) is 17.3. The highest BCUT2D eigenvalue weighted by molar-refractivity contribution is 6.69. The number of hydrogen-bond donors (Lipinski definition) is 0. The Balaban J connectivity index is 1.88. The summed E-state index contributed by atoms with van der Waals surface area (Å²) in [5.74, 6) is 2.39. The van der Waals surface area contributed by atoms with Crippen molar-refractivity contribution in [2.24, 2.45) is 5.41 Å². The van der Waals surface area contributed by atoms with E-state index in [0.29, 0.717) is 11.5 Å². The first-order valence-corrected chi connectivity index (χ1v) is 8.92. The first-order valence-electron chi connectivity index (χ1n) is 8.92. The van der Waals surface area contributed by atoms with Crippen molar-refractivity contribution in [2.75, 3.05) is 7.05 Å². The maximum atomic E-state index is 6.04. The summed E-state index contributed by atoms with van der Waals surface area (Å²) in [4.78, 5) is 4.97. The van der Waals surface area contributed by atoms with Gasteiger partial charge < -0.3 is 14.0 Å².